The lowest BCUT2D eigenvalue weighted by Crippen LogP contribution is -2.26. The number of aromatic amines is 1. The van der Waals surface area contributed by atoms with Crippen molar-refractivity contribution in [3.8, 4) is 34.9 Å². The second kappa shape index (κ2) is 11.2. The summed E-state index contributed by atoms with van der Waals surface area (Å²) in [5.74, 6) is 4.04. The Morgan fingerprint density at radius 1 is 1.03 bits per heavy atom. The van der Waals surface area contributed by atoms with E-state index in [0.29, 0.717) is 25.3 Å². The highest BCUT2D eigenvalue weighted by Gasteiger charge is 2.14. The van der Waals surface area contributed by atoms with Gasteiger partial charge in [-0.25, -0.2) is 14.6 Å². The second-order valence-electron chi connectivity index (χ2n) is 8.27. The monoisotopic (exact) mass is 455 g/mol. The van der Waals surface area contributed by atoms with Crippen LogP contribution in [0.2, 0.25) is 0 Å². The van der Waals surface area contributed by atoms with E-state index in [1.54, 1.807) is 4.57 Å². The van der Waals surface area contributed by atoms with Gasteiger partial charge in [0, 0.05) is 18.4 Å². The molecule has 0 saturated carbocycles. The van der Waals surface area contributed by atoms with Crippen LogP contribution in [0, 0.1) is 12.3 Å². The fourth-order valence-electron chi connectivity index (χ4n) is 4.04. The molecule has 0 aliphatic heterocycles. The maximum Gasteiger partial charge on any atom is 0.346 e. The van der Waals surface area contributed by atoms with Crippen molar-refractivity contribution in [1.29, 1.82) is 0 Å². The SMILES string of the molecule is C#CCCn1nc(CCCCCC)n(Cc2ccc(-c3ccccc3-c3nnn[nH]3)cc2)c1=O. The molecule has 8 heteroatoms. The van der Waals surface area contributed by atoms with Gasteiger partial charge in [-0.2, -0.15) is 5.10 Å². The predicted octanol–water partition coefficient (Wildman–Crippen LogP) is 4.09. The van der Waals surface area contributed by atoms with Crippen LogP contribution >= 0.6 is 0 Å². The summed E-state index contributed by atoms with van der Waals surface area (Å²) >= 11 is 0. The van der Waals surface area contributed by atoms with Crippen molar-refractivity contribution in [1.82, 2.24) is 35.0 Å². The summed E-state index contributed by atoms with van der Waals surface area (Å²) < 4.78 is 3.29. The molecule has 0 saturated heterocycles. The number of H-pyrrole nitrogens is 1. The van der Waals surface area contributed by atoms with Gasteiger partial charge in [-0.1, -0.05) is 74.7 Å². The van der Waals surface area contributed by atoms with E-state index >= 15 is 0 Å². The lowest BCUT2D eigenvalue weighted by atomic mass is 9.98. The van der Waals surface area contributed by atoms with Crippen molar-refractivity contribution in [3.63, 3.8) is 0 Å². The van der Waals surface area contributed by atoms with Gasteiger partial charge in [0.05, 0.1) is 13.1 Å². The molecule has 2 aromatic heterocycles. The predicted molar refractivity (Wildman–Crippen MR) is 132 cm³/mol. The maximum absolute atomic E-state index is 13.0. The van der Waals surface area contributed by atoms with E-state index in [-0.39, 0.29) is 5.69 Å². The number of aryl methyl sites for hydroxylation is 2. The van der Waals surface area contributed by atoms with Crippen molar-refractivity contribution < 1.29 is 0 Å². The summed E-state index contributed by atoms with van der Waals surface area (Å²) in [6.45, 7) is 3.11. The summed E-state index contributed by atoms with van der Waals surface area (Å²) in [5, 5.41) is 18.9. The number of terminal acetylenes is 1. The lowest BCUT2D eigenvalue weighted by molar-refractivity contribution is 0.589. The van der Waals surface area contributed by atoms with Crippen molar-refractivity contribution in [2.24, 2.45) is 0 Å². The summed E-state index contributed by atoms with van der Waals surface area (Å²) in [6.07, 6.45) is 11.2. The molecule has 0 aliphatic carbocycles. The number of nitrogens with one attached hydrogen (secondary N) is 1. The molecule has 174 valence electrons. The van der Waals surface area contributed by atoms with Gasteiger partial charge in [0.1, 0.15) is 5.82 Å². The van der Waals surface area contributed by atoms with Crippen LogP contribution in [-0.4, -0.2) is 35.0 Å². The molecule has 0 unspecified atom stereocenters. The standard InChI is InChI=1S/C26H29N7O/c1-3-5-7-8-13-24-29-33(18-6-4-2)26(34)32(24)19-20-14-16-21(17-15-20)22-11-9-10-12-23(22)25-27-30-31-28-25/h2,9-12,14-17H,3,5-8,13,18-19H2,1H3,(H,27,28,30,31). The fourth-order valence-corrected chi connectivity index (χ4v) is 4.04. The highest BCUT2D eigenvalue weighted by atomic mass is 16.2. The van der Waals surface area contributed by atoms with Crippen LogP contribution in [0.1, 0.15) is 50.4 Å². The minimum atomic E-state index is -0.104. The largest absolute Gasteiger partial charge is 0.346 e. The molecule has 2 heterocycles. The molecule has 0 aliphatic rings. The van der Waals surface area contributed by atoms with Gasteiger partial charge in [-0.15, -0.1) is 17.4 Å². The highest BCUT2D eigenvalue weighted by molar-refractivity contribution is 5.80. The van der Waals surface area contributed by atoms with E-state index < -0.39 is 0 Å². The summed E-state index contributed by atoms with van der Waals surface area (Å²) in [6, 6.07) is 16.2. The summed E-state index contributed by atoms with van der Waals surface area (Å²) in [5.41, 5.74) is 3.95. The first kappa shape index (κ1) is 23.2. The van der Waals surface area contributed by atoms with E-state index in [9.17, 15) is 4.79 Å². The third kappa shape index (κ3) is 5.31. The molecule has 4 rings (SSSR count). The second-order valence-corrected chi connectivity index (χ2v) is 8.27. The number of tetrazole rings is 1. The van der Waals surface area contributed by atoms with Crippen LogP contribution in [0.4, 0.5) is 0 Å². The van der Waals surface area contributed by atoms with Gasteiger partial charge in [-0.05, 0) is 33.5 Å². The third-order valence-corrected chi connectivity index (χ3v) is 5.85. The Kier molecular flexibility index (Phi) is 7.66. The molecule has 0 amide bonds. The number of hydrogen-bond donors (Lipinski definition) is 1. The number of unbranched alkanes of at least 4 members (excludes halogenated alkanes) is 3. The molecule has 0 radical (unpaired) electrons. The van der Waals surface area contributed by atoms with Gasteiger partial charge in [0.25, 0.3) is 0 Å². The number of benzene rings is 2. The normalized spacial score (nSPS) is 10.9. The molecule has 0 fully saturated rings. The number of hydrogen-bond acceptors (Lipinski definition) is 5. The maximum atomic E-state index is 13.0. The van der Waals surface area contributed by atoms with Crippen LogP contribution in [-0.2, 0) is 19.5 Å². The Hall–Kier alpha value is -3.99. The first-order valence-electron chi connectivity index (χ1n) is 11.7. The van der Waals surface area contributed by atoms with E-state index in [4.69, 9.17) is 6.42 Å². The first-order chi connectivity index (χ1) is 16.7. The molecule has 0 atom stereocenters. The first-order valence-corrected chi connectivity index (χ1v) is 11.7. The average Bonchev–Trinajstić information content (AvgIpc) is 3.50. The Bertz CT molecular complexity index is 1290. The van der Waals surface area contributed by atoms with Crippen molar-refractivity contribution in [2.45, 2.75) is 58.5 Å². The number of nitrogens with zero attached hydrogens (tertiary/aromatic N) is 6. The Morgan fingerprint density at radius 3 is 2.53 bits per heavy atom. The molecule has 1 N–H and O–H groups in total. The molecule has 0 bridgehead atoms. The zero-order valence-corrected chi connectivity index (χ0v) is 19.4. The van der Waals surface area contributed by atoms with Crippen molar-refractivity contribution >= 4 is 0 Å². The minimum absolute atomic E-state index is 0.104. The van der Waals surface area contributed by atoms with Crippen LogP contribution in [0.15, 0.2) is 53.3 Å². The van der Waals surface area contributed by atoms with Crippen LogP contribution in [0.25, 0.3) is 22.5 Å². The third-order valence-electron chi connectivity index (χ3n) is 5.85. The quantitative estimate of drug-likeness (QED) is 0.272. The zero-order valence-electron chi connectivity index (χ0n) is 19.4. The number of rotatable bonds is 11. The molecule has 2 aromatic carbocycles. The fraction of sp³-hybridized carbons (Fsp3) is 0.346. The van der Waals surface area contributed by atoms with E-state index in [1.165, 1.54) is 17.5 Å². The van der Waals surface area contributed by atoms with Gasteiger partial charge in [-0.3, -0.25) is 4.57 Å². The van der Waals surface area contributed by atoms with Crippen LogP contribution < -0.4 is 5.69 Å². The topological polar surface area (TPSA) is 94.3 Å². The Labute approximate surface area is 199 Å². The zero-order chi connectivity index (χ0) is 23.8. The van der Waals surface area contributed by atoms with E-state index in [2.05, 4.69) is 62.8 Å². The molecular formula is C26H29N7O. The van der Waals surface area contributed by atoms with E-state index in [1.807, 2.05) is 24.3 Å². The summed E-state index contributed by atoms with van der Waals surface area (Å²) in [7, 11) is 0. The molecular weight excluding hydrogens is 426 g/mol. The van der Waals surface area contributed by atoms with Crippen molar-refractivity contribution in [2.75, 3.05) is 0 Å². The molecule has 8 nitrogen and oxygen atoms in total. The van der Waals surface area contributed by atoms with Crippen molar-refractivity contribution in [3.05, 3.63) is 70.4 Å². The van der Waals surface area contributed by atoms with E-state index in [0.717, 1.165) is 47.3 Å². The molecule has 0 spiro atoms. The Balaban J connectivity index is 1.57. The summed E-state index contributed by atoms with van der Waals surface area (Å²) in [4.78, 5) is 13.0. The van der Waals surface area contributed by atoms with Gasteiger partial charge >= 0.3 is 5.69 Å². The highest BCUT2D eigenvalue weighted by Crippen LogP contribution is 2.29. The van der Waals surface area contributed by atoms with Crippen LogP contribution in [0.5, 0.6) is 0 Å². The molecule has 4 aromatic rings. The number of aromatic nitrogens is 7. The van der Waals surface area contributed by atoms with Gasteiger partial charge in [0.2, 0.25) is 0 Å². The van der Waals surface area contributed by atoms with Gasteiger partial charge < -0.3 is 0 Å². The molecule has 34 heavy (non-hydrogen) atoms. The smallest absolute Gasteiger partial charge is 0.274 e. The lowest BCUT2D eigenvalue weighted by Gasteiger charge is -2.09. The van der Waals surface area contributed by atoms with Gasteiger partial charge in [0.15, 0.2) is 5.82 Å². The van der Waals surface area contributed by atoms with Crippen LogP contribution in [0.3, 0.4) is 0 Å². The Morgan fingerprint density at radius 2 is 1.82 bits per heavy atom. The average molecular weight is 456 g/mol. The minimum Gasteiger partial charge on any atom is -0.274 e.